The van der Waals surface area contributed by atoms with Crippen molar-refractivity contribution in [2.45, 2.75) is 51.5 Å². The molecule has 130 valence electrons. The van der Waals surface area contributed by atoms with E-state index in [1.165, 1.54) is 5.56 Å². The molecule has 1 aromatic rings. The Morgan fingerprint density at radius 2 is 2.00 bits per heavy atom. The molecule has 1 N–H and O–H groups in total. The van der Waals surface area contributed by atoms with E-state index in [1.807, 2.05) is 25.1 Å². The van der Waals surface area contributed by atoms with E-state index < -0.39 is 12.0 Å². The predicted octanol–water partition coefficient (Wildman–Crippen LogP) is 3.36. The molecule has 1 aliphatic carbocycles. The first-order chi connectivity index (χ1) is 11.6. The van der Waals surface area contributed by atoms with Crippen LogP contribution in [0.5, 0.6) is 0 Å². The number of aliphatic carboxylic acids is 1. The van der Waals surface area contributed by atoms with Crippen molar-refractivity contribution in [2.24, 2.45) is 17.8 Å². The molecule has 2 aliphatic rings. The fraction of sp³-hybridized carbons (Fsp3) is 0.600. The molecule has 1 saturated carbocycles. The summed E-state index contributed by atoms with van der Waals surface area (Å²) in [6.45, 7) is 2.59. The van der Waals surface area contributed by atoms with Crippen LogP contribution in [0.4, 0.5) is 0 Å². The van der Waals surface area contributed by atoms with E-state index in [1.54, 1.807) is 4.90 Å². The highest BCUT2D eigenvalue weighted by Crippen LogP contribution is 2.42. The van der Waals surface area contributed by atoms with Gasteiger partial charge in [0.15, 0.2) is 0 Å². The minimum Gasteiger partial charge on any atom is -0.480 e. The van der Waals surface area contributed by atoms with E-state index in [4.69, 9.17) is 0 Å². The number of nitrogens with zero attached hydrogens (tertiary/aromatic N) is 1. The van der Waals surface area contributed by atoms with Gasteiger partial charge in [-0.05, 0) is 49.5 Å². The van der Waals surface area contributed by atoms with Gasteiger partial charge >= 0.3 is 5.97 Å². The minimum absolute atomic E-state index is 0.0323. The molecule has 0 aromatic heterocycles. The van der Waals surface area contributed by atoms with Crippen molar-refractivity contribution >= 4 is 11.9 Å². The molecule has 0 radical (unpaired) electrons. The van der Waals surface area contributed by atoms with Crippen LogP contribution >= 0.6 is 0 Å². The predicted molar refractivity (Wildman–Crippen MR) is 92.5 cm³/mol. The van der Waals surface area contributed by atoms with Crippen LogP contribution in [0, 0.1) is 17.8 Å². The lowest BCUT2D eigenvalue weighted by molar-refractivity contribution is -0.151. The fourth-order valence-corrected chi connectivity index (χ4v) is 4.51. The van der Waals surface area contributed by atoms with Gasteiger partial charge in [-0.3, -0.25) is 4.79 Å². The third-order valence-corrected chi connectivity index (χ3v) is 5.79. The van der Waals surface area contributed by atoms with Crippen molar-refractivity contribution in [3.8, 4) is 0 Å². The van der Waals surface area contributed by atoms with E-state index in [0.29, 0.717) is 12.5 Å². The Balaban J connectivity index is 1.55. The quantitative estimate of drug-likeness (QED) is 0.870. The van der Waals surface area contributed by atoms with Crippen molar-refractivity contribution < 1.29 is 14.7 Å². The Hall–Kier alpha value is -1.84. The molecule has 1 saturated heterocycles. The van der Waals surface area contributed by atoms with E-state index in [9.17, 15) is 14.7 Å². The van der Waals surface area contributed by atoms with Crippen molar-refractivity contribution in [1.82, 2.24) is 4.90 Å². The monoisotopic (exact) mass is 329 g/mol. The molecule has 3 rings (SSSR count). The number of rotatable bonds is 6. The number of carboxylic acids is 1. The first-order valence-corrected chi connectivity index (χ1v) is 9.15. The number of carbonyl (C=O) groups excluding carboxylic acids is 1. The van der Waals surface area contributed by atoms with Crippen LogP contribution in [-0.4, -0.2) is 34.5 Å². The molecular formula is C20H27NO3. The van der Waals surface area contributed by atoms with Gasteiger partial charge in [0.2, 0.25) is 5.91 Å². The van der Waals surface area contributed by atoms with Crippen LogP contribution < -0.4 is 0 Å². The largest absolute Gasteiger partial charge is 0.480 e. The highest BCUT2D eigenvalue weighted by molar-refractivity contribution is 5.86. The Labute approximate surface area is 143 Å². The number of fused-ring (bicyclic) bond motifs is 1. The SMILES string of the molecule is CC(CCCc1ccccc1)C(=O)N1CC2CCCC2C1C(=O)O. The maximum Gasteiger partial charge on any atom is 0.326 e. The summed E-state index contributed by atoms with van der Waals surface area (Å²) in [5.41, 5.74) is 1.29. The van der Waals surface area contributed by atoms with Crippen LogP contribution in [-0.2, 0) is 16.0 Å². The lowest BCUT2D eigenvalue weighted by Crippen LogP contribution is -2.45. The molecular weight excluding hydrogens is 302 g/mol. The van der Waals surface area contributed by atoms with Gasteiger partial charge in [0.25, 0.3) is 0 Å². The van der Waals surface area contributed by atoms with Gasteiger partial charge in [0.05, 0.1) is 0 Å². The first-order valence-electron chi connectivity index (χ1n) is 9.15. The molecule has 0 bridgehead atoms. The normalized spacial score (nSPS) is 27.0. The summed E-state index contributed by atoms with van der Waals surface area (Å²) in [5.74, 6) is -0.331. The van der Waals surface area contributed by atoms with Crippen molar-refractivity contribution in [3.05, 3.63) is 35.9 Å². The van der Waals surface area contributed by atoms with E-state index in [-0.39, 0.29) is 17.7 Å². The van der Waals surface area contributed by atoms with Gasteiger partial charge in [0.1, 0.15) is 6.04 Å². The van der Waals surface area contributed by atoms with Gasteiger partial charge in [-0.1, -0.05) is 43.7 Å². The number of likely N-dealkylation sites (tertiary alicyclic amines) is 1. The standard InChI is InChI=1S/C20H27NO3/c1-14(7-5-10-15-8-3-2-4-9-15)19(22)21-13-16-11-6-12-17(16)18(21)20(23)24/h2-4,8-9,14,16-18H,5-7,10-13H2,1H3,(H,23,24). The number of carbonyl (C=O) groups is 2. The minimum atomic E-state index is -0.825. The Kier molecular flexibility index (Phi) is 5.22. The van der Waals surface area contributed by atoms with Crippen LogP contribution in [0.2, 0.25) is 0 Å². The van der Waals surface area contributed by atoms with Crippen molar-refractivity contribution in [2.75, 3.05) is 6.54 Å². The zero-order valence-electron chi connectivity index (χ0n) is 14.4. The molecule has 0 spiro atoms. The van der Waals surface area contributed by atoms with Crippen LogP contribution in [0.1, 0.15) is 44.6 Å². The molecule has 4 atom stereocenters. The molecule has 1 aromatic carbocycles. The van der Waals surface area contributed by atoms with Gasteiger partial charge < -0.3 is 10.0 Å². The summed E-state index contributed by atoms with van der Waals surface area (Å²) < 4.78 is 0. The molecule has 4 unspecified atom stereocenters. The van der Waals surface area contributed by atoms with Crippen LogP contribution in [0.25, 0.3) is 0 Å². The highest BCUT2D eigenvalue weighted by Gasteiger charge is 2.49. The van der Waals surface area contributed by atoms with Gasteiger partial charge in [0, 0.05) is 12.5 Å². The second-order valence-electron chi connectivity index (χ2n) is 7.41. The van der Waals surface area contributed by atoms with Crippen LogP contribution in [0.15, 0.2) is 30.3 Å². The summed E-state index contributed by atoms with van der Waals surface area (Å²) in [4.78, 5) is 26.2. The lowest BCUT2D eigenvalue weighted by atomic mass is 9.94. The maximum absolute atomic E-state index is 12.8. The summed E-state index contributed by atoms with van der Waals surface area (Å²) in [6, 6.07) is 9.69. The number of hydrogen-bond acceptors (Lipinski definition) is 2. The number of benzene rings is 1. The maximum atomic E-state index is 12.8. The van der Waals surface area contributed by atoms with Crippen LogP contribution in [0.3, 0.4) is 0 Å². The third-order valence-electron chi connectivity index (χ3n) is 5.79. The van der Waals surface area contributed by atoms with Gasteiger partial charge in [-0.15, -0.1) is 0 Å². The zero-order chi connectivity index (χ0) is 17.1. The summed E-state index contributed by atoms with van der Waals surface area (Å²) in [5, 5.41) is 9.59. The Bertz CT molecular complexity index is 586. The van der Waals surface area contributed by atoms with Crippen molar-refractivity contribution in [1.29, 1.82) is 0 Å². The Morgan fingerprint density at radius 1 is 1.25 bits per heavy atom. The second kappa shape index (κ2) is 7.37. The third kappa shape index (κ3) is 3.47. The molecule has 24 heavy (non-hydrogen) atoms. The first kappa shape index (κ1) is 17.0. The molecule has 1 heterocycles. The average molecular weight is 329 g/mol. The average Bonchev–Trinajstić information content (AvgIpc) is 3.15. The molecule has 4 heteroatoms. The van der Waals surface area contributed by atoms with Crippen molar-refractivity contribution in [3.63, 3.8) is 0 Å². The number of amides is 1. The summed E-state index contributed by atoms with van der Waals surface area (Å²) in [6.07, 6.45) is 5.86. The van der Waals surface area contributed by atoms with E-state index in [0.717, 1.165) is 38.5 Å². The fourth-order valence-electron chi connectivity index (χ4n) is 4.51. The number of aryl methyl sites for hydroxylation is 1. The van der Waals surface area contributed by atoms with E-state index >= 15 is 0 Å². The summed E-state index contributed by atoms with van der Waals surface area (Å²) in [7, 11) is 0. The molecule has 1 aliphatic heterocycles. The highest BCUT2D eigenvalue weighted by atomic mass is 16.4. The van der Waals surface area contributed by atoms with E-state index in [2.05, 4.69) is 12.1 Å². The summed E-state index contributed by atoms with van der Waals surface area (Å²) >= 11 is 0. The molecule has 4 nitrogen and oxygen atoms in total. The van der Waals surface area contributed by atoms with Gasteiger partial charge in [-0.2, -0.15) is 0 Å². The smallest absolute Gasteiger partial charge is 0.326 e. The topological polar surface area (TPSA) is 57.6 Å². The lowest BCUT2D eigenvalue weighted by Gasteiger charge is -2.27. The molecule has 2 fully saturated rings. The Morgan fingerprint density at radius 3 is 2.71 bits per heavy atom. The number of hydrogen-bond donors (Lipinski definition) is 1. The second-order valence-corrected chi connectivity index (χ2v) is 7.41. The molecule has 1 amide bonds. The zero-order valence-corrected chi connectivity index (χ0v) is 14.4. The van der Waals surface area contributed by atoms with Gasteiger partial charge in [-0.25, -0.2) is 4.79 Å². The number of carboxylic acid groups (broad SMARTS) is 1.